The second-order valence-corrected chi connectivity index (χ2v) is 7.93. The molecule has 1 heterocycles. The van der Waals surface area contributed by atoms with Crippen LogP contribution in [0, 0.1) is 11.7 Å². The largest absolute Gasteiger partial charge is 0.312 e. The monoisotopic (exact) mass is 362 g/mol. The second-order valence-electron chi connectivity index (χ2n) is 6.16. The van der Waals surface area contributed by atoms with E-state index in [0.717, 1.165) is 23.7 Å². The van der Waals surface area contributed by atoms with Crippen LogP contribution >= 0.6 is 0 Å². The predicted octanol–water partition coefficient (Wildman–Crippen LogP) is 2.79. The van der Waals surface area contributed by atoms with E-state index in [1.807, 2.05) is 24.3 Å². The first kappa shape index (κ1) is 17.4. The molecule has 0 aliphatic carbocycles. The van der Waals surface area contributed by atoms with Crippen molar-refractivity contribution in [1.29, 1.82) is 0 Å². The Balaban J connectivity index is 1.69. The molecule has 2 aromatic carbocycles. The summed E-state index contributed by atoms with van der Waals surface area (Å²) < 4.78 is 40.1. The van der Waals surface area contributed by atoms with Crippen LogP contribution in [0.5, 0.6) is 0 Å². The van der Waals surface area contributed by atoms with Crippen molar-refractivity contribution in [1.82, 2.24) is 0 Å². The van der Waals surface area contributed by atoms with Gasteiger partial charge in [-0.05, 0) is 36.2 Å². The highest BCUT2D eigenvalue weighted by molar-refractivity contribution is 7.92. The minimum Gasteiger partial charge on any atom is -0.312 e. The van der Waals surface area contributed by atoms with E-state index < -0.39 is 21.8 Å². The molecule has 25 heavy (non-hydrogen) atoms. The molecule has 7 heteroatoms. The lowest BCUT2D eigenvalue weighted by Crippen LogP contribution is -2.37. The molecule has 1 atom stereocenters. The first-order valence-corrected chi connectivity index (χ1v) is 9.66. The third-order valence-corrected chi connectivity index (χ3v) is 5.63. The summed E-state index contributed by atoms with van der Waals surface area (Å²) in [6.45, 7) is 2.15. The number of fused-ring (bicyclic) bond motifs is 1. The molecule has 1 unspecified atom stereocenters. The fraction of sp³-hybridized carbons (Fsp3) is 0.278. The first-order chi connectivity index (χ1) is 11.9. The van der Waals surface area contributed by atoms with Crippen LogP contribution in [0.3, 0.4) is 0 Å². The van der Waals surface area contributed by atoms with E-state index >= 15 is 0 Å². The third-order valence-electron chi connectivity index (χ3n) is 4.14. The number of nitrogens with zero attached hydrogens (tertiary/aromatic N) is 1. The van der Waals surface area contributed by atoms with Gasteiger partial charge in [0, 0.05) is 12.2 Å². The van der Waals surface area contributed by atoms with Gasteiger partial charge in [-0.3, -0.25) is 9.52 Å². The zero-order valence-electron chi connectivity index (χ0n) is 13.8. The number of sulfonamides is 1. The highest BCUT2D eigenvalue weighted by atomic mass is 32.2. The molecule has 1 aliphatic heterocycles. The molecule has 0 aromatic heterocycles. The summed E-state index contributed by atoms with van der Waals surface area (Å²) in [5, 5.41) is 0. The van der Waals surface area contributed by atoms with Crippen LogP contribution in [0.25, 0.3) is 0 Å². The molecule has 2 aromatic rings. The van der Waals surface area contributed by atoms with Gasteiger partial charge in [-0.15, -0.1) is 0 Å². The van der Waals surface area contributed by atoms with Gasteiger partial charge in [-0.25, -0.2) is 12.8 Å². The van der Waals surface area contributed by atoms with Crippen LogP contribution in [-0.2, 0) is 21.2 Å². The molecule has 3 rings (SSSR count). The number of amides is 1. The summed E-state index contributed by atoms with van der Waals surface area (Å²) in [4.78, 5) is 14.3. The summed E-state index contributed by atoms with van der Waals surface area (Å²) in [7, 11) is -3.77. The lowest BCUT2D eigenvalue weighted by molar-refractivity contribution is -0.121. The maximum Gasteiger partial charge on any atom is 0.233 e. The van der Waals surface area contributed by atoms with Crippen LogP contribution in [0.4, 0.5) is 15.8 Å². The second kappa shape index (κ2) is 6.84. The van der Waals surface area contributed by atoms with Crippen molar-refractivity contribution in [2.75, 3.05) is 21.9 Å². The highest BCUT2D eigenvalue weighted by Gasteiger charge is 2.30. The average molecular weight is 362 g/mol. The molecule has 0 saturated heterocycles. The van der Waals surface area contributed by atoms with Crippen molar-refractivity contribution < 1.29 is 17.6 Å². The number of halogens is 1. The smallest absolute Gasteiger partial charge is 0.233 e. The number of hydrogen-bond acceptors (Lipinski definition) is 3. The quantitative estimate of drug-likeness (QED) is 0.889. The Morgan fingerprint density at radius 2 is 2.00 bits per heavy atom. The maximum atomic E-state index is 13.2. The summed E-state index contributed by atoms with van der Waals surface area (Å²) >= 11 is 0. The van der Waals surface area contributed by atoms with Crippen molar-refractivity contribution in [2.45, 2.75) is 13.3 Å². The lowest BCUT2D eigenvalue weighted by atomic mass is 10.1. The van der Waals surface area contributed by atoms with Gasteiger partial charge in [0.05, 0.1) is 17.4 Å². The van der Waals surface area contributed by atoms with E-state index in [2.05, 4.69) is 4.72 Å². The SMILES string of the molecule is CC(CS(=O)(=O)Nc1cccc(F)c1)C(=O)N1CCc2ccccc21. The van der Waals surface area contributed by atoms with Gasteiger partial charge >= 0.3 is 0 Å². The van der Waals surface area contributed by atoms with E-state index in [0.29, 0.717) is 6.54 Å². The summed E-state index contributed by atoms with van der Waals surface area (Å²) in [6, 6.07) is 12.8. The summed E-state index contributed by atoms with van der Waals surface area (Å²) in [6.07, 6.45) is 0.767. The Morgan fingerprint density at radius 1 is 1.24 bits per heavy atom. The Bertz CT molecular complexity index is 899. The van der Waals surface area contributed by atoms with Gasteiger partial charge in [0.25, 0.3) is 0 Å². The Hall–Kier alpha value is -2.41. The summed E-state index contributed by atoms with van der Waals surface area (Å²) in [5.41, 5.74) is 2.07. The van der Waals surface area contributed by atoms with Gasteiger partial charge in [-0.2, -0.15) is 0 Å². The predicted molar refractivity (Wildman–Crippen MR) is 95.5 cm³/mol. The fourth-order valence-electron chi connectivity index (χ4n) is 3.01. The first-order valence-electron chi connectivity index (χ1n) is 8.01. The van der Waals surface area contributed by atoms with E-state index in [-0.39, 0.29) is 17.3 Å². The zero-order valence-corrected chi connectivity index (χ0v) is 14.6. The Kier molecular flexibility index (Phi) is 4.76. The van der Waals surface area contributed by atoms with Gasteiger partial charge in [-0.1, -0.05) is 31.2 Å². The van der Waals surface area contributed by atoms with Crippen LogP contribution in [-0.4, -0.2) is 26.6 Å². The van der Waals surface area contributed by atoms with Crippen LogP contribution in [0.2, 0.25) is 0 Å². The standard InChI is InChI=1S/C18H19FN2O3S/c1-13(12-25(23,24)20-16-7-4-6-15(19)11-16)18(22)21-10-9-14-5-2-3-8-17(14)21/h2-8,11,13,20H,9-10,12H2,1H3. The Labute approximate surface area is 146 Å². The van der Waals surface area contributed by atoms with Crippen molar-refractivity contribution in [3.63, 3.8) is 0 Å². The molecule has 0 fully saturated rings. The molecule has 0 radical (unpaired) electrons. The molecule has 132 valence electrons. The van der Waals surface area contributed by atoms with Gasteiger partial charge in [0.2, 0.25) is 15.9 Å². The van der Waals surface area contributed by atoms with Crippen molar-refractivity contribution in [3.05, 3.63) is 59.9 Å². The average Bonchev–Trinajstić information content (AvgIpc) is 2.97. The number of anilines is 2. The molecule has 0 saturated carbocycles. The van der Waals surface area contributed by atoms with E-state index in [1.165, 1.54) is 18.2 Å². The normalized spacial score (nSPS) is 14.9. The van der Waals surface area contributed by atoms with Crippen LogP contribution < -0.4 is 9.62 Å². The summed E-state index contributed by atoms with van der Waals surface area (Å²) in [5.74, 6) is -1.83. The third kappa shape index (κ3) is 3.99. The van der Waals surface area contributed by atoms with Gasteiger partial charge in [0.15, 0.2) is 0 Å². The number of benzene rings is 2. The van der Waals surface area contributed by atoms with E-state index in [4.69, 9.17) is 0 Å². The molecular formula is C18H19FN2O3S. The van der Waals surface area contributed by atoms with E-state index in [9.17, 15) is 17.6 Å². The van der Waals surface area contributed by atoms with E-state index in [1.54, 1.807) is 11.8 Å². The number of carbonyl (C=O) groups excluding carboxylic acids is 1. The molecule has 1 amide bonds. The van der Waals surface area contributed by atoms with Gasteiger partial charge in [0.1, 0.15) is 5.82 Å². The molecule has 0 bridgehead atoms. The minimum absolute atomic E-state index is 0.145. The van der Waals surface area contributed by atoms with Crippen molar-refractivity contribution in [2.24, 2.45) is 5.92 Å². The minimum atomic E-state index is -3.77. The highest BCUT2D eigenvalue weighted by Crippen LogP contribution is 2.29. The fourth-order valence-corrected chi connectivity index (χ4v) is 4.38. The number of rotatable bonds is 5. The van der Waals surface area contributed by atoms with Crippen LogP contribution in [0.1, 0.15) is 12.5 Å². The molecule has 1 N–H and O–H groups in total. The number of hydrogen-bond donors (Lipinski definition) is 1. The number of nitrogens with one attached hydrogen (secondary N) is 1. The van der Waals surface area contributed by atoms with Crippen molar-refractivity contribution in [3.8, 4) is 0 Å². The number of para-hydroxylation sites is 1. The lowest BCUT2D eigenvalue weighted by Gasteiger charge is -2.22. The molecule has 1 aliphatic rings. The van der Waals surface area contributed by atoms with Gasteiger partial charge < -0.3 is 4.90 Å². The molecular weight excluding hydrogens is 343 g/mol. The molecule has 5 nitrogen and oxygen atoms in total. The van der Waals surface area contributed by atoms with Crippen LogP contribution in [0.15, 0.2) is 48.5 Å². The molecule has 0 spiro atoms. The Morgan fingerprint density at radius 3 is 2.76 bits per heavy atom. The zero-order chi connectivity index (χ0) is 18.0. The van der Waals surface area contributed by atoms with Crippen molar-refractivity contribution >= 4 is 27.3 Å². The maximum absolute atomic E-state index is 13.2. The number of carbonyl (C=O) groups is 1. The topological polar surface area (TPSA) is 66.5 Å².